The molecule has 4 heterocycles. The van der Waals surface area contributed by atoms with E-state index in [4.69, 9.17) is 0 Å². The lowest BCUT2D eigenvalue weighted by molar-refractivity contribution is 0.248. The highest BCUT2D eigenvalue weighted by Gasteiger charge is 2.40. The molecule has 0 bridgehead atoms. The standard InChI is InChI=1S/C19H31N5/c1-15(2)18-9-19(21-14-20-18)24-12-16-10-23(11-17(16)13-24)8-7-22-5-3-4-6-22/h9,14-17H,3-8,10-13H2,1-2H3. The van der Waals surface area contributed by atoms with Gasteiger partial charge in [-0.15, -0.1) is 0 Å². The van der Waals surface area contributed by atoms with E-state index in [-0.39, 0.29) is 0 Å². The summed E-state index contributed by atoms with van der Waals surface area (Å²) in [5.74, 6) is 3.24. The first-order chi connectivity index (χ1) is 11.7. The Morgan fingerprint density at radius 3 is 2.29 bits per heavy atom. The Bertz CT molecular complexity index is 540. The van der Waals surface area contributed by atoms with Gasteiger partial charge in [0.05, 0.1) is 0 Å². The molecular formula is C19H31N5. The summed E-state index contributed by atoms with van der Waals surface area (Å²) in [6.45, 7) is 14.4. The van der Waals surface area contributed by atoms with Crippen LogP contribution in [0.25, 0.3) is 0 Å². The van der Waals surface area contributed by atoms with E-state index in [0.29, 0.717) is 5.92 Å². The number of aromatic nitrogens is 2. The largest absolute Gasteiger partial charge is 0.356 e. The summed E-state index contributed by atoms with van der Waals surface area (Å²) in [5, 5.41) is 0. The van der Waals surface area contributed by atoms with Crippen LogP contribution in [0.4, 0.5) is 5.82 Å². The van der Waals surface area contributed by atoms with Crippen molar-refractivity contribution in [1.82, 2.24) is 19.8 Å². The first kappa shape index (κ1) is 16.3. The molecule has 1 aromatic heterocycles. The second kappa shape index (κ2) is 6.96. The van der Waals surface area contributed by atoms with E-state index < -0.39 is 0 Å². The highest BCUT2D eigenvalue weighted by Crippen LogP contribution is 2.33. The SMILES string of the molecule is CC(C)c1cc(N2CC3CN(CCN4CCCC4)CC3C2)ncn1. The van der Waals surface area contributed by atoms with E-state index >= 15 is 0 Å². The number of hydrogen-bond donors (Lipinski definition) is 0. The van der Waals surface area contributed by atoms with E-state index in [1.165, 1.54) is 65.2 Å². The van der Waals surface area contributed by atoms with Crippen LogP contribution in [0.3, 0.4) is 0 Å². The highest BCUT2D eigenvalue weighted by atomic mass is 15.3. The maximum atomic E-state index is 4.53. The van der Waals surface area contributed by atoms with Gasteiger partial charge in [0.2, 0.25) is 0 Å². The summed E-state index contributed by atoms with van der Waals surface area (Å²) < 4.78 is 0. The summed E-state index contributed by atoms with van der Waals surface area (Å²) >= 11 is 0. The van der Waals surface area contributed by atoms with E-state index in [9.17, 15) is 0 Å². The minimum atomic E-state index is 0.468. The highest BCUT2D eigenvalue weighted by molar-refractivity contribution is 5.41. The second-order valence-electron chi connectivity index (χ2n) is 8.19. The van der Waals surface area contributed by atoms with Crippen LogP contribution in [-0.2, 0) is 0 Å². The van der Waals surface area contributed by atoms with Crippen LogP contribution < -0.4 is 4.90 Å². The quantitative estimate of drug-likeness (QED) is 0.826. The fourth-order valence-corrected chi connectivity index (χ4v) is 4.60. The molecule has 4 rings (SSSR count). The molecule has 0 aromatic carbocycles. The smallest absolute Gasteiger partial charge is 0.132 e. The van der Waals surface area contributed by atoms with Gasteiger partial charge >= 0.3 is 0 Å². The van der Waals surface area contributed by atoms with Crippen molar-refractivity contribution in [3.8, 4) is 0 Å². The zero-order chi connectivity index (χ0) is 16.5. The molecule has 0 aliphatic carbocycles. The van der Waals surface area contributed by atoms with Crippen LogP contribution in [0.5, 0.6) is 0 Å². The third kappa shape index (κ3) is 3.42. The first-order valence-corrected chi connectivity index (χ1v) is 9.70. The molecule has 0 amide bonds. The lowest BCUT2D eigenvalue weighted by atomic mass is 10.0. The van der Waals surface area contributed by atoms with Gasteiger partial charge < -0.3 is 14.7 Å². The lowest BCUT2D eigenvalue weighted by Crippen LogP contribution is -2.35. The third-order valence-corrected chi connectivity index (χ3v) is 6.08. The molecule has 132 valence electrons. The minimum Gasteiger partial charge on any atom is -0.356 e. The Labute approximate surface area is 146 Å². The van der Waals surface area contributed by atoms with Crippen LogP contribution in [0.15, 0.2) is 12.4 Å². The molecule has 3 aliphatic rings. The summed E-state index contributed by atoms with van der Waals surface area (Å²) in [7, 11) is 0. The van der Waals surface area contributed by atoms with Crippen LogP contribution in [0, 0.1) is 11.8 Å². The Hall–Kier alpha value is -1.20. The van der Waals surface area contributed by atoms with Crippen molar-refractivity contribution >= 4 is 5.82 Å². The van der Waals surface area contributed by atoms with Crippen LogP contribution in [0.1, 0.15) is 38.3 Å². The van der Waals surface area contributed by atoms with Gasteiger partial charge in [0.1, 0.15) is 12.1 Å². The Kier molecular flexibility index (Phi) is 4.72. The summed E-state index contributed by atoms with van der Waals surface area (Å²) in [6, 6.07) is 2.19. The van der Waals surface area contributed by atoms with Gasteiger partial charge in [-0.25, -0.2) is 9.97 Å². The van der Waals surface area contributed by atoms with Gasteiger partial charge in [0.25, 0.3) is 0 Å². The van der Waals surface area contributed by atoms with Gasteiger partial charge in [-0.05, 0) is 43.7 Å². The van der Waals surface area contributed by atoms with Gasteiger partial charge in [0.15, 0.2) is 0 Å². The van der Waals surface area contributed by atoms with E-state index in [1.807, 2.05) is 0 Å². The monoisotopic (exact) mass is 329 g/mol. The Morgan fingerprint density at radius 2 is 1.62 bits per heavy atom. The number of nitrogens with zero attached hydrogens (tertiary/aromatic N) is 5. The van der Waals surface area contributed by atoms with E-state index in [1.54, 1.807) is 6.33 Å². The molecule has 2 atom stereocenters. The summed E-state index contributed by atoms with van der Waals surface area (Å²) in [6.07, 6.45) is 4.54. The van der Waals surface area contributed by atoms with Crippen molar-refractivity contribution in [2.24, 2.45) is 11.8 Å². The topological polar surface area (TPSA) is 35.5 Å². The van der Waals surface area contributed by atoms with Gasteiger partial charge in [0, 0.05) is 51.0 Å². The van der Waals surface area contributed by atoms with Crippen molar-refractivity contribution < 1.29 is 0 Å². The lowest BCUT2D eigenvalue weighted by Gasteiger charge is -2.24. The fourth-order valence-electron chi connectivity index (χ4n) is 4.60. The van der Waals surface area contributed by atoms with Gasteiger partial charge in [-0.1, -0.05) is 13.8 Å². The maximum Gasteiger partial charge on any atom is 0.132 e. The molecule has 0 saturated carbocycles. The molecule has 3 saturated heterocycles. The molecule has 2 unspecified atom stereocenters. The number of rotatable bonds is 5. The number of likely N-dealkylation sites (tertiary alicyclic amines) is 2. The predicted molar refractivity (Wildman–Crippen MR) is 97.4 cm³/mol. The minimum absolute atomic E-state index is 0.468. The third-order valence-electron chi connectivity index (χ3n) is 6.08. The average molecular weight is 329 g/mol. The predicted octanol–water partition coefficient (Wildman–Crippen LogP) is 2.06. The molecular weight excluding hydrogens is 298 g/mol. The zero-order valence-corrected chi connectivity index (χ0v) is 15.2. The number of fused-ring (bicyclic) bond motifs is 1. The number of hydrogen-bond acceptors (Lipinski definition) is 5. The molecule has 5 nitrogen and oxygen atoms in total. The van der Waals surface area contributed by atoms with Gasteiger partial charge in [-0.2, -0.15) is 0 Å². The van der Waals surface area contributed by atoms with Crippen LogP contribution in [0.2, 0.25) is 0 Å². The summed E-state index contributed by atoms with van der Waals surface area (Å²) in [5.41, 5.74) is 1.16. The van der Waals surface area contributed by atoms with Crippen LogP contribution >= 0.6 is 0 Å². The molecule has 5 heteroatoms. The molecule has 0 N–H and O–H groups in total. The van der Waals surface area contributed by atoms with Gasteiger partial charge in [-0.3, -0.25) is 0 Å². The van der Waals surface area contributed by atoms with E-state index in [0.717, 1.165) is 23.3 Å². The first-order valence-electron chi connectivity index (χ1n) is 9.70. The van der Waals surface area contributed by atoms with E-state index in [2.05, 4.69) is 44.6 Å². The van der Waals surface area contributed by atoms with Crippen molar-refractivity contribution in [1.29, 1.82) is 0 Å². The van der Waals surface area contributed by atoms with Crippen molar-refractivity contribution in [3.63, 3.8) is 0 Å². The van der Waals surface area contributed by atoms with Crippen LogP contribution in [-0.4, -0.2) is 72.1 Å². The summed E-state index contributed by atoms with van der Waals surface area (Å²) in [4.78, 5) is 16.8. The molecule has 24 heavy (non-hydrogen) atoms. The second-order valence-corrected chi connectivity index (χ2v) is 8.19. The molecule has 1 aromatic rings. The molecule has 3 aliphatic heterocycles. The zero-order valence-electron chi connectivity index (χ0n) is 15.2. The molecule has 3 fully saturated rings. The van der Waals surface area contributed by atoms with Crippen molar-refractivity contribution in [2.45, 2.75) is 32.6 Å². The Balaban J connectivity index is 1.30. The Morgan fingerprint density at radius 1 is 0.958 bits per heavy atom. The number of anilines is 1. The average Bonchev–Trinajstić information content (AvgIpc) is 3.29. The molecule has 0 spiro atoms. The fraction of sp³-hybridized carbons (Fsp3) is 0.789. The van der Waals surface area contributed by atoms with Crippen molar-refractivity contribution in [2.75, 3.05) is 57.3 Å². The maximum absolute atomic E-state index is 4.53. The molecule has 0 radical (unpaired) electrons. The van der Waals surface area contributed by atoms with Crippen molar-refractivity contribution in [3.05, 3.63) is 18.1 Å². The normalized spacial score (nSPS) is 28.2.